The van der Waals surface area contributed by atoms with Crippen molar-refractivity contribution in [2.75, 3.05) is 6.54 Å². The molecule has 0 unspecified atom stereocenters. The number of H-pyrrole nitrogens is 1. The number of nitrogens with one attached hydrogen (secondary N) is 1. The summed E-state index contributed by atoms with van der Waals surface area (Å²) in [6.45, 7) is 4.38. The normalized spacial score (nSPS) is 12.2. The molecule has 0 radical (unpaired) electrons. The van der Waals surface area contributed by atoms with Gasteiger partial charge in [0.25, 0.3) is 10.0 Å². The van der Waals surface area contributed by atoms with E-state index in [9.17, 15) is 8.42 Å². The summed E-state index contributed by atoms with van der Waals surface area (Å²) >= 11 is 1.55. The lowest BCUT2D eigenvalue weighted by Gasteiger charge is -2.18. The number of rotatable bonds is 5. The number of aromatic nitrogens is 2. The molecule has 2 aromatic rings. The van der Waals surface area contributed by atoms with Gasteiger partial charge in [-0.2, -0.15) is 4.31 Å². The van der Waals surface area contributed by atoms with Crippen LogP contribution in [0.5, 0.6) is 0 Å². The highest BCUT2D eigenvalue weighted by molar-refractivity contribution is 7.89. The molecule has 2 rings (SSSR count). The Bertz CT molecular complexity index is 602. The van der Waals surface area contributed by atoms with Gasteiger partial charge >= 0.3 is 0 Å². The average molecular weight is 285 g/mol. The standard InChI is InChI=1S/C11H15N3O2S2/c1-3-14(8-10-5-4-6-17-10)18(15,16)11-7-12-9(2)13-11/h4-7H,3,8H2,1-2H3,(H,12,13). The van der Waals surface area contributed by atoms with E-state index in [-0.39, 0.29) is 5.03 Å². The predicted molar refractivity (Wildman–Crippen MR) is 70.9 cm³/mol. The maximum atomic E-state index is 12.4. The third kappa shape index (κ3) is 2.63. The Morgan fingerprint density at radius 1 is 1.50 bits per heavy atom. The van der Waals surface area contributed by atoms with Gasteiger partial charge in [0.05, 0.1) is 6.20 Å². The Labute approximate surface area is 111 Å². The molecule has 1 N–H and O–H groups in total. The van der Waals surface area contributed by atoms with Crippen molar-refractivity contribution in [1.29, 1.82) is 0 Å². The molecule has 5 nitrogen and oxygen atoms in total. The topological polar surface area (TPSA) is 66.1 Å². The van der Waals surface area contributed by atoms with Crippen LogP contribution in [0, 0.1) is 6.92 Å². The van der Waals surface area contributed by atoms with E-state index in [0.717, 1.165) is 4.88 Å². The van der Waals surface area contributed by atoms with E-state index in [4.69, 9.17) is 0 Å². The molecule has 0 aromatic carbocycles. The summed E-state index contributed by atoms with van der Waals surface area (Å²) in [5.41, 5.74) is 0. The molecule has 2 aromatic heterocycles. The zero-order valence-corrected chi connectivity index (χ0v) is 11.9. The van der Waals surface area contributed by atoms with E-state index in [0.29, 0.717) is 18.9 Å². The Kier molecular flexibility index (Phi) is 3.84. The van der Waals surface area contributed by atoms with Gasteiger partial charge < -0.3 is 4.98 Å². The minimum atomic E-state index is -3.48. The maximum Gasteiger partial charge on any atom is 0.260 e. The minimum Gasteiger partial charge on any atom is -0.332 e. The highest BCUT2D eigenvalue weighted by Gasteiger charge is 2.25. The number of sulfonamides is 1. The SMILES string of the molecule is CCN(Cc1cccs1)S(=O)(=O)c1cnc(C)[nH]1. The molecule has 0 bridgehead atoms. The number of imidazole rings is 1. The summed E-state index contributed by atoms with van der Waals surface area (Å²) in [6.07, 6.45) is 1.36. The zero-order chi connectivity index (χ0) is 13.2. The molecule has 2 heterocycles. The van der Waals surface area contributed by atoms with Crippen molar-refractivity contribution in [2.45, 2.75) is 25.4 Å². The van der Waals surface area contributed by atoms with Crippen LogP contribution >= 0.6 is 11.3 Å². The lowest BCUT2D eigenvalue weighted by Crippen LogP contribution is -2.30. The van der Waals surface area contributed by atoms with Crippen molar-refractivity contribution in [3.8, 4) is 0 Å². The number of hydrogen-bond acceptors (Lipinski definition) is 4. The molecule has 0 aliphatic heterocycles. The Hall–Kier alpha value is -1.18. The van der Waals surface area contributed by atoms with Crippen molar-refractivity contribution in [2.24, 2.45) is 0 Å². The van der Waals surface area contributed by atoms with Crippen LogP contribution in [0.1, 0.15) is 17.6 Å². The maximum absolute atomic E-state index is 12.4. The van der Waals surface area contributed by atoms with Crippen molar-refractivity contribution >= 4 is 21.4 Å². The second-order valence-corrected chi connectivity index (χ2v) is 6.78. The monoisotopic (exact) mass is 285 g/mol. The van der Waals surface area contributed by atoms with Crippen molar-refractivity contribution in [1.82, 2.24) is 14.3 Å². The first-order chi connectivity index (χ1) is 8.54. The highest BCUT2D eigenvalue weighted by Crippen LogP contribution is 2.18. The van der Waals surface area contributed by atoms with Crippen molar-refractivity contribution in [3.05, 3.63) is 34.4 Å². The van der Waals surface area contributed by atoms with E-state index < -0.39 is 10.0 Å². The average Bonchev–Trinajstić information content (AvgIpc) is 2.96. The Morgan fingerprint density at radius 3 is 2.78 bits per heavy atom. The number of aryl methyl sites for hydroxylation is 1. The van der Waals surface area contributed by atoms with Gasteiger partial charge in [-0.05, 0) is 18.4 Å². The molecule has 0 aliphatic rings. The van der Waals surface area contributed by atoms with Crippen LogP contribution in [-0.2, 0) is 16.6 Å². The highest BCUT2D eigenvalue weighted by atomic mass is 32.2. The number of aromatic amines is 1. The molecule has 98 valence electrons. The van der Waals surface area contributed by atoms with Gasteiger partial charge in [-0.3, -0.25) is 0 Å². The van der Waals surface area contributed by atoms with Gasteiger partial charge in [-0.1, -0.05) is 13.0 Å². The first kappa shape index (κ1) is 13.3. The fraction of sp³-hybridized carbons (Fsp3) is 0.364. The van der Waals surface area contributed by atoms with Crippen LogP contribution in [-0.4, -0.2) is 29.2 Å². The number of nitrogens with zero attached hydrogens (tertiary/aromatic N) is 2. The van der Waals surface area contributed by atoms with Gasteiger partial charge in [0.1, 0.15) is 5.82 Å². The summed E-state index contributed by atoms with van der Waals surface area (Å²) in [5.74, 6) is 0.598. The lowest BCUT2D eigenvalue weighted by molar-refractivity contribution is 0.424. The van der Waals surface area contributed by atoms with Gasteiger partial charge in [0.2, 0.25) is 0 Å². The summed E-state index contributed by atoms with van der Waals surface area (Å²) in [6, 6.07) is 3.85. The summed E-state index contributed by atoms with van der Waals surface area (Å²) in [7, 11) is -3.48. The first-order valence-electron chi connectivity index (χ1n) is 5.58. The van der Waals surface area contributed by atoms with Crippen LogP contribution in [0.3, 0.4) is 0 Å². The largest absolute Gasteiger partial charge is 0.332 e. The smallest absolute Gasteiger partial charge is 0.260 e. The second kappa shape index (κ2) is 5.21. The molecule has 0 fully saturated rings. The summed E-state index contributed by atoms with van der Waals surface area (Å²) < 4.78 is 26.2. The fourth-order valence-electron chi connectivity index (χ4n) is 1.61. The fourth-order valence-corrected chi connectivity index (χ4v) is 3.80. The zero-order valence-electron chi connectivity index (χ0n) is 10.3. The molecule has 0 atom stereocenters. The van der Waals surface area contributed by atoms with Gasteiger partial charge in [0.15, 0.2) is 5.03 Å². The van der Waals surface area contributed by atoms with Gasteiger partial charge in [-0.25, -0.2) is 13.4 Å². The molecular weight excluding hydrogens is 270 g/mol. The summed E-state index contributed by atoms with van der Waals surface area (Å²) in [4.78, 5) is 7.74. The molecule has 0 saturated heterocycles. The minimum absolute atomic E-state index is 0.151. The third-order valence-corrected chi connectivity index (χ3v) is 5.25. The quantitative estimate of drug-likeness (QED) is 0.913. The van der Waals surface area contributed by atoms with E-state index in [1.54, 1.807) is 18.3 Å². The molecule has 0 saturated carbocycles. The van der Waals surface area contributed by atoms with Crippen LogP contribution in [0.25, 0.3) is 0 Å². The van der Waals surface area contributed by atoms with Gasteiger partial charge in [-0.15, -0.1) is 11.3 Å². The van der Waals surface area contributed by atoms with E-state index in [1.807, 2.05) is 24.4 Å². The molecule has 0 spiro atoms. The number of thiophene rings is 1. The number of hydrogen-bond donors (Lipinski definition) is 1. The van der Waals surface area contributed by atoms with Crippen LogP contribution in [0.4, 0.5) is 0 Å². The third-order valence-electron chi connectivity index (χ3n) is 2.56. The first-order valence-corrected chi connectivity index (χ1v) is 7.90. The second-order valence-electron chi connectivity index (χ2n) is 3.84. The molecule has 7 heteroatoms. The molecular formula is C11H15N3O2S2. The van der Waals surface area contributed by atoms with Crippen LogP contribution in [0.2, 0.25) is 0 Å². The Morgan fingerprint density at radius 2 is 2.28 bits per heavy atom. The predicted octanol–water partition coefficient (Wildman–Crippen LogP) is 1.99. The lowest BCUT2D eigenvalue weighted by atomic mass is 10.4. The summed E-state index contributed by atoms with van der Waals surface area (Å²) in [5, 5.41) is 2.09. The van der Waals surface area contributed by atoms with E-state index >= 15 is 0 Å². The van der Waals surface area contributed by atoms with Gasteiger partial charge in [0, 0.05) is 18.0 Å². The molecule has 18 heavy (non-hydrogen) atoms. The van der Waals surface area contributed by atoms with Crippen molar-refractivity contribution in [3.63, 3.8) is 0 Å². The molecule has 0 aliphatic carbocycles. The van der Waals surface area contributed by atoms with Crippen molar-refractivity contribution < 1.29 is 8.42 Å². The van der Waals surface area contributed by atoms with E-state index in [2.05, 4.69) is 9.97 Å². The Balaban J connectivity index is 2.26. The van der Waals surface area contributed by atoms with Crippen LogP contribution < -0.4 is 0 Å². The van der Waals surface area contributed by atoms with E-state index in [1.165, 1.54) is 10.5 Å². The molecule has 0 amide bonds. The van der Waals surface area contributed by atoms with Crippen LogP contribution in [0.15, 0.2) is 28.7 Å².